The predicted octanol–water partition coefficient (Wildman–Crippen LogP) is 0.283. The molecule has 0 aliphatic carbocycles. The van der Waals surface area contributed by atoms with Crippen LogP contribution in [0.4, 0.5) is 0 Å². The summed E-state index contributed by atoms with van der Waals surface area (Å²) in [7, 11) is -8.59. The average molecular weight is 442 g/mol. The Balaban J connectivity index is -0.000000720. The zero-order valence-corrected chi connectivity index (χ0v) is 12.5. The normalized spacial score (nSPS) is 17.9. The van der Waals surface area contributed by atoms with E-state index in [2.05, 4.69) is 9.05 Å². The van der Waals surface area contributed by atoms with E-state index in [1.807, 2.05) is 0 Å². The fraction of sp³-hybridized carbons (Fsp3) is 1.00. The van der Waals surface area contributed by atoms with E-state index >= 15 is 0 Å². The minimum absolute atomic E-state index is 0. The topological polar surface area (TPSA) is 134 Å². The maximum Gasteiger partial charge on any atom is 2.00 e. The molecule has 96 valence electrons. The first kappa shape index (κ1) is 21.3. The van der Waals surface area contributed by atoms with Gasteiger partial charge in [-0.25, -0.2) is 0 Å². The Bertz CT molecular complexity index is 226. The first-order valence-corrected chi connectivity index (χ1v) is 7.18. The molecule has 0 saturated carbocycles. The minimum Gasteiger partial charge on any atom is -0.778 e. The van der Waals surface area contributed by atoms with Crippen LogP contribution < -0.4 is 15.9 Å². The molecule has 2 atom stereocenters. The van der Waals surface area contributed by atoms with Gasteiger partial charge in [-0.15, -0.1) is 0 Å². The largest absolute Gasteiger partial charge is 2.00 e. The van der Waals surface area contributed by atoms with Gasteiger partial charge in [0.25, 0.3) is 0 Å². The number of rotatable bonds is 6. The van der Waals surface area contributed by atoms with E-state index in [1.54, 1.807) is 0 Å². The molecule has 0 spiro atoms. The smallest absolute Gasteiger partial charge is 0.778 e. The number of hydrogen-bond acceptors (Lipinski definition) is 7. The van der Waals surface area contributed by atoms with E-state index < -0.39 is 21.1 Å². The maximum atomic E-state index is 10.9. The van der Waals surface area contributed by atoms with Crippen molar-refractivity contribution in [2.75, 3.05) is 19.1 Å². The fourth-order valence-corrected chi connectivity index (χ4v) is 3.82. The van der Waals surface area contributed by atoms with Crippen molar-refractivity contribution in [3.8, 4) is 0 Å². The first-order valence-electron chi connectivity index (χ1n) is 3.72. The van der Waals surface area contributed by atoms with Crippen LogP contribution >= 0.6 is 15.2 Å². The molecule has 0 amide bonds. The Morgan fingerprint density at radius 1 is 1.00 bits per heavy atom. The van der Waals surface area contributed by atoms with Gasteiger partial charge in [0.1, 0.15) is 15.2 Å². The van der Waals surface area contributed by atoms with Crippen LogP contribution in [0.3, 0.4) is 0 Å². The average Bonchev–Trinajstić information content (AvgIpc) is 1.82. The van der Waals surface area contributed by atoms with E-state index in [1.165, 1.54) is 13.8 Å². The van der Waals surface area contributed by atoms with Crippen molar-refractivity contribution in [1.82, 2.24) is 6.15 Å². The molecular formula is C5H15NO6P2Pt. The second kappa shape index (κ2) is 9.03. The van der Waals surface area contributed by atoms with Gasteiger partial charge in [0.2, 0.25) is 0 Å². The SMILES string of the molecule is CCOP(=O)([O-])CP(=O)([O-])OCC.N.[Pt+2]. The first-order chi connectivity index (χ1) is 5.83. The molecule has 7 nitrogen and oxygen atoms in total. The Morgan fingerprint density at radius 3 is 1.47 bits per heavy atom. The molecule has 0 aliphatic rings. The van der Waals surface area contributed by atoms with Crippen molar-refractivity contribution in [3.63, 3.8) is 0 Å². The molecule has 0 heterocycles. The van der Waals surface area contributed by atoms with Crippen molar-refractivity contribution in [3.05, 3.63) is 0 Å². The van der Waals surface area contributed by atoms with Crippen LogP contribution in [0, 0.1) is 0 Å². The van der Waals surface area contributed by atoms with Gasteiger partial charge in [-0.05, 0) is 13.8 Å². The molecule has 0 fully saturated rings. The summed E-state index contributed by atoms with van der Waals surface area (Å²) in [6.07, 6.45) is 0. The second-order valence-electron chi connectivity index (χ2n) is 2.20. The summed E-state index contributed by atoms with van der Waals surface area (Å²) in [6, 6.07) is 0. The third-order valence-electron chi connectivity index (χ3n) is 0.998. The molecular weight excluding hydrogens is 427 g/mol. The van der Waals surface area contributed by atoms with E-state index in [4.69, 9.17) is 0 Å². The fourth-order valence-electron chi connectivity index (χ4n) is 0.687. The summed E-state index contributed by atoms with van der Waals surface area (Å²) >= 11 is 0. The number of hydrogen-bond donors (Lipinski definition) is 1. The van der Waals surface area contributed by atoms with Crippen molar-refractivity contribution >= 4 is 15.2 Å². The van der Waals surface area contributed by atoms with Crippen LogP contribution in [0.2, 0.25) is 0 Å². The molecule has 0 radical (unpaired) electrons. The van der Waals surface area contributed by atoms with Crippen molar-refractivity contribution in [1.29, 1.82) is 0 Å². The Kier molecular flexibility index (Phi) is 12.8. The standard InChI is InChI=1S/C5H14O6P2.H3N.Pt/c1-3-10-12(6,7)5-13(8,9)11-4-2;;/h3-5H2,1-2H3,(H,6,7)(H,8,9);1H3;/q;;+2/p-2. The van der Waals surface area contributed by atoms with Gasteiger partial charge in [-0.3, -0.25) is 0 Å². The third kappa shape index (κ3) is 11.2. The minimum atomic E-state index is -4.29. The zero-order chi connectivity index (χ0) is 10.5. The monoisotopic (exact) mass is 442 g/mol. The Hall–Kier alpha value is 0.948. The molecule has 0 aliphatic heterocycles. The van der Waals surface area contributed by atoms with Gasteiger partial charge in [0, 0.05) is 0 Å². The van der Waals surface area contributed by atoms with E-state index in [0.717, 1.165) is 0 Å². The predicted molar refractivity (Wildman–Crippen MR) is 48.4 cm³/mol. The molecule has 0 aromatic rings. The van der Waals surface area contributed by atoms with Gasteiger partial charge in [0.15, 0.2) is 0 Å². The quantitative estimate of drug-likeness (QED) is 0.585. The summed E-state index contributed by atoms with van der Waals surface area (Å²) in [5.41, 5.74) is 0. The summed E-state index contributed by atoms with van der Waals surface area (Å²) in [5.74, 6) is -1.08. The van der Waals surface area contributed by atoms with Crippen LogP contribution in [-0.2, 0) is 39.2 Å². The summed E-state index contributed by atoms with van der Waals surface area (Å²) in [5, 5.41) is 0. The van der Waals surface area contributed by atoms with Crippen LogP contribution in [0.5, 0.6) is 0 Å². The van der Waals surface area contributed by atoms with Gasteiger partial charge in [0.05, 0.1) is 19.1 Å². The van der Waals surface area contributed by atoms with Crippen LogP contribution in [-0.4, -0.2) is 19.1 Å². The van der Waals surface area contributed by atoms with Crippen molar-refractivity contribution in [2.45, 2.75) is 13.8 Å². The molecule has 0 aromatic carbocycles. The molecule has 0 saturated heterocycles. The van der Waals surface area contributed by atoms with Gasteiger partial charge in [-0.2, -0.15) is 0 Å². The molecule has 3 N–H and O–H groups in total. The maximum absolute atomic E-state index is 10.9. The van der Waals surface area contributed by atoms with Crippen LogP contribution in [0.25, 0.3) is 0 Å². The molecule has 15 heavy (non-hydrogen) atoms. The van der Waals surface area contributed by atoms with E-state index in [-0.39, 0.29) is 40.4 Å². The van der Waals surface area contributed by atoms with Gasteiger partial charge < -0.3 is 34.1 Å². The van der Waals surface area contributed by atoms with Gasteiger partial charge >= 0.3 is 21.1 Å². The zero-order valence-electron chi connectivity index (χ0n) is 8.49. The summed E-state index contributed by atoms with van der Waals surface area (Å²) < 4.78 is 30.3. The third-order valence-corrected chi connectivity index (χ3v) is 5.07. The molecule has 0 aromatic heterocycles. The molecule has 0 bridgehead atoms. The summed E-state index contributed by atoms with van der Waals surface area (Å²) in [4.78, 5) is 21.7. The van der Waals surface area contributed by atoms with Crippen molar-refractivity contribution < 1.29 is 49.0 Å². The molecule has 10 heteroatoms. The van der Waals surface area contributed by atoms with Gasteiger partial charge in [-0.1, -0.05) is 0 Å². The Labute approximate surface area is 103 Å². The van der Waals surface area contributed by atoms with E-state index in [9.17, 15) is 18.9 Å². The molecule has 2 unspecified atom stereocenters. The molecule has 0 rings (SSSR count). The second-order valence-corrected chi connectivity index (χ2v) is 6.29. The summed E-state index contributed by atoms with van der Waals surface area (Å²) in [6.45, 7) is 2.77. The van der Waals surface area contributed by atoms with Crippen LogP contribution in [0.15, 0.2) is 0 Å². The van der Waals surface area contributed by atoms with E-state index in [0.29, 0.717) is 0 Å². The van der Waals surface area contributed by atoms with Crippen LogP contribution in [0.1, 0.15) is 13.8 Å². The Morgan fingerprint density at radius 2 is 1.27 bits per heavy atom. The van der Waals surface area contributed by atoms with Crippen molar-refractivity contribution in [2.24, 2.45) is 0 Å².